The first-order valence-corrected chi connectivity index (χ1v) is 2.59. The van der Waals surface area contributed by atoms with Crippen LogP contribution in [0.3, 0.4) is 0 Å². The number of hydrogen-bond donors (Lipinski definition) is 0. The van der Waals surface area contributed by atoms with Crippen molar-refractivity contribution in [3.05, 3.63) is 28.9 Å². The number of aromatic nitrogens is 1. The summed E-state index contributed by atoms with van der Waals surface area (Å²) in [5.74, 6) is 0. The Hall–Kier alpha value is -1.25. The van der Waals surface area contributed by atoms with Gasteiger partial charge >= 0.3 is 0 Å². The van der Waals surface area contributed by atoms with Gasteiger partial charge in [-0.05, 0) is 24.2 Å². The molecule has 0 fully saturated rings. The summed E-state index contributed by atoms with van der Waals surface area (Å²) in [5.41, 5.74) is 1.25. The molecule has 0 atom stereocenters. The van der Waals surface area contributed by atoms with Gasteiger partial charge in [0.05, 0.1) is 0 Å². The molecular formula is C6H6N2O. The summed E-state index contributed by atoms with van der Waals surface area (Å²) in [6.07, 6.45) is 1.56. The molecule has 1 aromatic heterocycles. The van der Waals surface area contributed by atoms with E-state index in [0.717, 1.165) is 5.69 Å². The Kier molecular flexibility index (Phi) is 1.53. The highest BCUT2D eigenvalue weighted by atomic mass is 16.3. The van der Waals surface area contributed by atoms with Crippen LogP contribution in [0.1, 0.15) is 5.69 Å². The molecule has 46 valence electrons. The van der Waals surface area contributed by atoms with Gasteiger partial charge in [0.2, 0.25) is 0 Å². The molecule has 0 aliphatic heterocycles. The minimum absolute atomic E-state index is 0.433. The predicted octanol–water partition coefficient (Wildman–Crippen LogP) is 1.79. The van der Waals surface area contributed by atoms with Gasteiger partial charge in [0.25, 0.3) is 0 Å². The molecular weight excluding hydrogens is 116 g/mol. The molecule has 1 aromatic rings. The molecule has 3 heteroatoms. The van der Waals surface area contributed by atoms with E-state index in [9.17, 15) is 4.91 Å². The second-order valence-electron chi connectivity index (χ2n) is 1.75. The molecule has 0 aliphatic rings. The Morgan fingerprint density at radius 3 is 2.89 bits per heavy atom. The van der Waals surface area contributed by atoms with Crippen molar-refractivity contribution in [3.8, 4) is 0 Å². The van der Waals surface area contributed by atoms with Crippen molar-refractivity contribution in [1.82, 2.24) is 4.98 Å². The Morgan fingerprint density at radius 2 is 2.44 bits per heavy atom. The molecule has 0 unspecified atom stereocenters. The standard InChI is InChI=1S/C6H6N2O/c1-5-4-6(8-9)2-3-7-5/h2-4H,1H3. The van der Waals surface area contributed by atoms with Crippen LogP contribution in [0.15, 0.2) is 23.5 Å². The molecule has 0 radical (unpaired) electrons. The third-order valence-electron chi connectivity index (χ3n) is 0.986. The summed E-state index contributed by atoms with van der Waals surface area (Å²) in [6, 6.07) is 3.20. The first-order chi connectivity index (χ1) is 4.33. The number of nitrogens with zero attached hydrogens (tertiary/aromatic N) is 2. The van der Waals surface area contributed by atoms with Crippen LogP contribution in [-0.4, -0.2) is 4.98 Å². The van der Waals surface area contributed by atoms with Gasteiger partial charge in [-0.25, -0.2) is 0 Å². The lowest BCUT2D eigenvalue weighted by molar-refractivity contribution is 1.19. The fraction of sp³-hybridized carbons (Fsp3) is 0.167. The highest BCUT2D eigenvalue weighted by Gasteiger charge is 1.88. The van der Waals surface area contributed by atoms with E-state index < -0.39 is 0 Å². The van der Waals surface area contributed by atoms with Crippen LogP contribution < -0.4 is 0 Å². The van der Waals surface area contributed by atoms with E-state index >= 15 is 0 Å². The van der Waals surface area contributed by atoms with Crippen molar-refractivity contribution >= 4 is 5.69 Å². The lowest BCUT2D eigenvalue weighted by Crippen LogP contribution is -1.75. The molecule has 3 nitrogen and oxygen atoms in total. The normalized spacial score (nSPS) is 9.00. The average molecular weight is 122 g/mol. The van der Waals surface area contributed by atoms with Gasteiger partial charge in [0.15, 0.2) is 0 Å². The summed E-state index contributed by atoms with van der Waals surface area (Å²) >= 11 is 0. The van der Waals surface area contributed by atoms with E-state index in [1.165, 1.54) is 0 Å². The minimum Gasteiger partial charge on any atom is -0.261 e. The lowest BCUT2D eigenvalue weighted by Gasteiger charge is -1.88. The van der Waals surface area contributed by atoms with E-state index in [1.807, 2.05) is 6.92 Å². The summed E-state index contributed by atoms with van der Waals surface area (Å²) in [6.45, 7) is 1.81. The van der Waals surface area contributed by atoms with Gasteiger partial charge in [-0.15, -0.1) is 4.91 Å². The average Bonchev–Trinajstić information content (AvgIpc) is 1.88. The molecule has 0 spiro atoms. The van der Waals surface area contributed by atoms with Crippen LogP contribution in [0.5, 0.6) is 0 Å². The van der Waals surface area contributed by atoms with Gasteiger partial charge < -0.3 is 0 Å². The van der Waals surface area contributed by atoms with Crippen LogP contribution >= 0.6 is 0 Å². The second-order valence-corrected chi connectivity index (χ2v) is 1.75. The third-order valence-corrected chi connectivity index (χ3v) is 0.986. The largest absolute Gasteiger partial charge is 0.261 e. The second kappa shape index (κ2) is 2.35. The van der Waals surface area contributed by atoms with Crippen molar-refractivity contribution in [2.75, 3.05) is 0 Å². The lowest BCUT2D eigenvalue weighted by atomic mass is 10.3. The van der Waals surface area contributed by atoms with E-state index in [-0.39, 0.29) is 0 Å². The number of rotatable bonds is 1. The van der Waals surface area contributed by atoms with E-state index in [1.54, 1.807) is 18.3 Å². The van der Waals surface area contributed by atoms with Crippen molar-refractivity contribution in [2.24, 2.45) is 5.18 Å². The summed E-state index contributed by atoms with van der Waals surface area (Å²) in [7, 11) is 0. The van der Waals surface area contributed by atoms with Gasteiger partial charge in [-0.1, -0.05) is 0 Å². The molecule has 9 heavy (non-hydrogen) atoms. The molecule has 0 saturated carbocycles. The molecule has 1 heterocycles. The molecule has 0 aromatic carbocycles. The van der Waals surface area contributed by atoms with E-state index in [4.69, 9.17) is 0 Å². The smallest absolute Gasteiger partial charge is 0.111 e. The molecule has 0 bridgehead atoms. The fourth-order valence-electron chi connectivity index (χ4n) is 0.587. The maximum Gasteiger partial charge on any atom is 0.111 e. The molecule has 0 N–H and O–H groups in total. The zero-order chi connectivity index (χ0) is 6.69. The fourth-order valence-corrected chi connectivity index (χ4v) is 0.587. The van der Waals surface area contributed by atoms with Crippen LogP contribution in [0.4, 0.5) is 5.69 Å². The Bertz CT molecular complexity index is 222. The molecule has 0 amide bonds. The zero-order valence-electron chi connectivity index (χ0n) is 5.03. The van der Waals surface area contributed by atoms with Gasteiger partial charge in [0, 0.05) is 11.9 Å². The number of pyridine rings is 1. The first kappa shape index (κ1) is 5.88. The first-order valence-electron chi connectivity index (χ1n) is 2.59. The topological polar surface area (TPSA) is 42.3 Å². The summed E-state index contributed by atoms with van der Waals surface area (Å²) < 4.78 is 0. The Morgan fingerprint density at radius 1 is 1.67 bits per heavy atom. The van der Waals surface area contributed by atoms with Gasteiger partial charge in [0.1, 0.15) is 5.69 Å². The van der Waals surface area contributed by atoms with Gasteiger partial charge in [-0.3, -0.25) is 4.98 Å². The van der Waals surface area contributed by atoms with Crippen molar-refractivity contribution in [1.29, 1.82) is 0 Å². The summed E-state index contributed by atoms with van der Waals surface area (Å²) in [4.78, 5) is 13.8. The number of nitroso groups, excluding NO2 is 1. The van der Waals surface area contributed by atoms with E-state index in [0.29, 0.717) is 5.69 Å². The maximum atomic E-state index is 9.88. The number of aryl methyl sites for hydroxylation is 1. The Labute approximate surface area is 52.7 Å². The highest BCUT2D eigenvalue weighted by molar-refractivity contribution is 5.35. The van der Waals surface area contributed by atoms with Crippen molar-refractivity contribution < 1.29 is 0 Å². The predicted molar refractivity (Wildman–Crippen MR) is 34.4 cm³/mol. The van der Waals surface area contributed by atoms with E-state index in [2.05, 4.69) is 10.2 Å². The van der Waals surface area contributed by atoms with Crippen molar-refractivity contribution in [2.45, 2.75) is 6.92 Å². The van der Waals surface area contributed by atoms with Crippen LogP contribution in [0.25, 0.3) is 0 Å². The quantitative estimate of drug-likeness (QED) is 0.533. The molecule has 0 saturated heterocycles. The maximum absolute atomic E-state index is 9.88. The van der Waals surface area contributed by atoms with Crippen LogP contribution in [-0.2, 0) is 0 Å². The van der Waals surface area contributed by atoms with Gasteiger partial charge in [-0.2, -0.15) is 0 Å². The number of hydrogen-bond acceptors (Lipinski definition) is 3. The monoisotopic (exact) mass is 122 g/mol. The zero-order valence-corrected chi connectivity index (χ0v) is 5.03. The SMILES string of the molecule is Cc1cc(N=O)ccn1. The van der Waals surface area contributed by atoms with Crippen molar-refractivity contribution in [3.63, 3.8) is 0 Å². The minimum atomic E-state index is 0.433. The third kappa shape index (κ3) is 1.32. The van der Waals surface area contributed by atoms with Crippen LogP contribution in [0, 0.1) is 11.8 Å². The molecule has 0 aliphatic carbocycles. The molecule has 1 rings (SSSR count). The Balaban J connectivity index is 3.07. The summed E-state index contributed by atoms with van der Waals surface area (Å²) in [5, 5.41) is 2.74. The van der Waals surface area contributed by atoms with Crippen LogP contribution in [0.2, 0.25) is 0 Å². The highest BCUT2D eigenvalue weighted by Crippen LogP contribution is 2.09.